The molecule has 7 heteroatoms. The average molecular weight is 368 g/mol. The van der Waals surface area contributed by atoms with E-state index >= 15 is 0 Å². The van der Waals surface area contributed by atoms with Crippen LogP contribution in [0.25, 0.3) is 0 Å². The van der Waals surface area contributed by atoms with E-state index in [0.717, 1.165) is 37.8 Å². The van der Waals surface area contributed by atoms with Crippen LogP contribution in [0.5, 0.6) is 0 Å². The van der Waals surface area contributed by atoms with Crippen molar-refractivity contribution in [1.82, 2.24) is 10.2 Å². The second-order valence-electron chi connectivity index (χ2n) is 7.13. The Balaban J connectivity index is 1.54. The number of hydrogen-bond donors (Lipinski definition) is 1. The zero-order valence-electron chi connectivity index (χ0n) is 14.6. The lowest BCUT2D eigenvalue weighted by Gasteiger charge is -2.33. The third-order valence-electron chi connectivity index (χ3n) is 5.37. The SMILES string of the molecule is O=C(NC1CCN(C(=O)c2ccc(F)c(F)c2F)CC1)C1CCCCC1. The van der Waals surface area contributed by atoms with Gasteiger partial charge >= 0.3 is 0 Å². The highest BCUT2D eigenvalue weighted by Gasteiger charge is 2.29. The van der Waals surface area contributed by atoms with Crippen LogP contribution in [-0.4, -0.2) is 35.8 Å². The number of benzene rings is 1. The van der Waals surface area contributed by atoms with Crippen molar-refractivity contribution in [3.8, 4) is 0 Å². The molecular formula is C19H23F3N2O2. The van der Waals surface area contributed by atoms with E-state index < -0.39 is 28.9 Å². The van der Waals surface area contributed by atoms with Crippen molar-refractivity contribution in [1.29, 1.82) is 0 Å². The van der Waals surface area contributed by atoms with Gasteiger partial charge in [-0.3, -0.25) is 9.59 Å². The number of amides is 2. The molecule has 1 aromatic rings. The van der Waals surface area contributed by atoms with Gasteiger partial charge in [-0.1, -0.05) is 19.3 Å². The second-order valence-corrected chi connectivity index (χ2v) is 7.13. The predicted octanol–water partition coefficient (Wildman–Crippen LogP) is 3.41. The molecule has 1 heterocycles. The van der Waals surface area contributed by atoms with E-state index in [2.05, 4.69) is 5.32 Å². The fourth-order valence-electron chi connectivity index (χ4n) is 3.77. The van der Waals surface area contributed by atoms with Gasteiger partial charge in [-0.15, -0.1) is 0 Å². The minimum Gasteiger partial charge on any atom is -0.353 e. The number of halogens is 3. The molecule has 0 aromatic heterocycles. The summed E-state index contributed by atoms with van der Waals surface area (Å²) < 4.78 is 40.1. The van der Waals surface area contributed by atoms with Crippen LogP contribution in [0.4, 0.5) is 13.2 Å². The molecule has 1 aromatic carbocycles. The molecule has 1 aliphatic carbocycles. The monoisotopic (exact) mass is 368 g/mol. The molecule has 26 heavy (non-hydrogen) atoms. The van der Waals surface area contributed by atoms with Gasteiger partial charge in [-0.05, 0) is 37.8 Å². The van der Waals surface area contributed by atoms with Crippen molar-refractivity contribution in [2.75, 3.05) is 13.1 Å². The second kappa shape index (κ2) is 8.10. The molecule has 2 amide bonds. The molecule has 0 radical (unpaired) electrons. The van der Waals surface area contributed by atoms with E-state index in [1.54, 1.807) is 0 Å². The minimum atomic E-state index is -1.63. The molecule has 1 aliphatic heterocycles. The number of carbonyl (C=O) groups excluding carboxylic acids is 2. The lowest BCUT2D eigenvalue weighted by molar-refractivity contribution is -0.126. The Morgan fingerprint density at radius 3 is 2.23 bits per heavy atom. The Kier molecular flexibility index (Phi) is 5.84. The van der Waals surface area contributed by atoms with Crippen molar-refractivity contribution in [2.24, 2.45) is 5.92 Å². The summed E-state index contributed by atoms with van der Waals surface area (Å²) >= 11 is 0. The molecule has 142 valence electrons. The van der Waals surface area contributed by atoms with Crippen LogP contribution in [0.3, 0.4) is 0 Å². The van der Waals surface area contributed by atoms with Gasteiger partial charge in [0.05, 0.1) is 5.56 Å². The van der Waals surface area contributed by atoms with Gasteiger partial charge in [-0.2, -0.15) is 0 Å². The Labute approximate surface area is 150 Å². The molecule has 0 atom stereocenters. The van der Waals surface area contributed by atoms with E-state index in [9.17, 15) is 22.8 Å². The van der Waals surface area contributed by atoms with Crippen molar-refractivity contribution >= 4 is 11.8 Å². The van der Waals surface area contributed by atoms with Crippen LogP contribution >= 0.6 is 0 Å². The van der Waals surface area contributed by atoms with Crippen LogP contribution in [-0.2, 0) is 4.79 Å². The first-order valence-electron chi connectivity index (χ1n) is 9.20. The number of hydrogen-bond acceptors (Lipinski definition) is 2. The van der Waals surface area contributed by atoms with Gasteiger partial charge in [0.1, 0.15) is 0 Å². The lowest BCUT2D eigenvalue weighted by atomic mass is 9.88. The summed E-state index contributed by atoms with van der Waals surface area (Å²) in [5.74, 6) is -4.89. The number of likely N-dealkylation sites (tertiary alicyclic amines) is 1. The Hall–Kier alpha value is -2.05. The summed E-state index contributed by atoms with van der Waals surface area (Å²) in [6, 6.07) is 1.71. The van der Waals surface area contributed by atoms with Gasteiger partial charge < -0.3 is 10.2 Å². The third kappa shape index (κ3) is 4.02. The van der Waals surface area contributed by atoms with Gasteiger partial charge in [0, 0.05) is 25.0 Å². The number of rotatable bonds is 3. The first kappa shape index (κ1) is 18.7. The topological polar surface area (TPSA) is 49.4 Å². The highest BCUT2D eigenvalue weighted by Crippen LogP contribution is 2.25. The number of piperidine rings is 1. The van der Waals surface area contributed by atoms with Crippen LogP contribution in [0, 0.1) is 23.4 Å². The summed E-state index contributed by atoms with van der Waals surface area (Å²) in [7, 11) is 0. The maximum absolute atomic E-state index is 13.8. The van der Waals surface area contributed by atoms with E-state index in [0.29, 0.717) is 25.9 Å². The zero-order chi connectivity index (χ0) is 18.7. The van der Waals surface area contributed by atoms with E-state index in [1.165, 1.54) is 11.3 Å². The molecule has 2 fully saturated rings. The molecule has 1 saturated heterocycles. The molecule has 2 aliphatic rings. The quantitative estimate of drug-likeness (QED) is 0.832. The first-order valence-corrected chi connectivity index (χ1v) is 9.20. The van der Waals surface area contributed by atoms with E-state index in [-0.39, 0.29) is 17.9 Å². The van der Waals surface area contributed by atoms with Crippen molar-refractivity contribution < 1.29 is 22.8 Å². The summed E-state index contributed by atoms with van der Waals surface area (Å²) in [4.78, 5) is 26.1. The Bertz CT molecular complexity index is 682. The molecule has 0 bridgehead atoms. The number of carbonyl (C=O) groups is 2. The molecule has 4 nitrogen and oxygen atoms in total. The van der Waals surface area contributed by atoms with Gasteiger partial charge in [-0.25, -0.2) is 13.2 Å². The molecule has 0 unspecified atom stereocenters. The maximum atomic E-state index is 13.8. The standard InChI is InChI=1S/C19H23F3N2O2/c20-15-7-6-14(16(21)17(15)22)19(26)24-10-8-13(9-11-24)23-18(25)12-4-2-1-3-5-12/h6-7,12-13H,1-5,8-11H2,(H,23,25). The predicted molar refractivity (Wildman–Crippen MR) is 90.0 cm³/mol. The third-order valence-corrected chi connectivity index (χ3v) is 5.37. The van der Waals surface area contributed by atoms with Crippen molar-refractivity contribution in [3.05, 3.63) is 35.1 Å². The van der Waals surface area contributed by atoms with Crippen molar-refractivity contribution in [3.63, 3.8) is 0 Å². The smallest absolute Gasteiger partial charge is 0.256 e. The molecular weight excluding hydrogens is 345 g/mol. The first-order chi connectivity index (χ1) is 12.5. The maximum Gasteiger partial charge on any atom is 0.256 e. The molecule has 0 spiro atoms. The van der Waals surface area contributed by atoms with Crippen LogP contribution in [0.15, 0.2) is 12.1 Å². The highest BCUT2D eigenvalue weighted by molar-refractivity contribution is 5.94. The average Bonchev–Trinajstić information content (AvgIpc) is 2.67. The fourth-order valence-corrected chi connectivity index (χ4v) is 3.77. The largest absolute Gasteiger partial charge is 0.353 e. The molecule has 1 N–H and O–H groups in total. The molecule has 3 rings (SSSR count). The summed E-state index contributed by atoms with van der Waals surface area (Å²) in [5.41, 5.74) is -0.464. The van der Waals surface area contributed by atoms with Crippen molar-refractivity contribution in [2.45, 2.75) is 51.0 Å². The van der Waals surface area contributed by atoms with Crippen LogP contribution in [0.2, 0.25) is 0 Å². The van der Waals surface area contributed by atoms with Gasteiger partial charge in [0.2, 0.25) is 5.91 Å². The summed E-state index contributed by atoms with van der Waals surface area (Å²) in [6.07, 6.45) is 6.35. The summed E-state index contributed by atoms with van der Waals surface area (Å²) in [5, 5.41) is 3.06. The van der Waals surface area contributed by atoms with E-state index in [4.69, 9.17) is 0 Å². The Morgan fingerprint density at radius 2 is 1.58 bits per heavy atom. The zero-order valence-corrected chi connectivity index (χ0v) is 14.6. The fraction of sp³-hybridized carbons (Fsp3) is 0.579. The van der Waals surface area contributed by atoms with E-state index in [1.807, 2.05) is 0 Å². The van der Waals surface area contributed by atoms with Crippen LogP contribution < -0.4 is 5.32 Å². The number of nitrogens with zero attached hydrogens (tertiary/aromatic N) is 1. The van der Waals surface area contributed by atoms with Gasteiger partial charge in [0.25, 0.3) is 5.91 Å². The Morgan fingerprint density at radius 1 is 0.923 bits per heavy atom. The number of nitrogens with one attached hydrogen (secondary N) is 1. The summed E-state index contributed by atoms with van der Waals surface area (Å²) in [6.45, 7) is 0.680. The molecule has 1 saturated carbocycles. The normalized spacial score (nSPS) is 19.4. The van der Waals surface area contributed by atoms with Gasteiger partial charge in [0.15, 0.2) is 17.5 Å². The minimum absolute atomic E-state index is 0.0109. The highest BCUT2D eigenvalue weighted by atomic mass is 19.2. The van der Waals surface area contributed by atoms with Crippen LogP contribution in [0.1, 0.15) is 55.3 Å². The lowest BCUT2D eigenvalue weighted by Crippen LogP contribution is -2.48.